The number of hydrogen-bond acceptors (Lipinski definition) is 7. The largest absolute Gasteiger partial charge is 0.416 e. The Hall–Kier alpha value is -4.23. The van der Waals surface area contributed by atoms with E-state index in [1.165, 1.54) is 16.8 Å². The topological polar surface area (TPSA) is 101 Å². The fraction of sp³-hybridized carbons (Fsp3) is 0.207. The molecule has 0 radical (unpaired) electrons. The molecule has 4 aromatic rings. The minimum Gasteiger partial charge on any atom is -0.325 e. The number of carbonyl (C=O) groups is 3. The van der Waals surface area contributed by atoms with Crippen LogP contribution in [0.25, 0.3) is 0 Å². The third-order valence-electron chi connectivity index (χ3n) is 7.16. The number of rotatable bonds is 5. The molecule has 13 heteroatoms. The predicted molar refractivity (Wildman–Crippen MR) is 152 cm³/mol. The van der Waals surface area contributed by atoms with Crippen LogP contribution in [0.3, 0.4) is 0 Å². The van der Waals surface area contributed by atoms with Crippen molar-refractivity contribution in [1.29, 1.82) is 0 Å². The molecule has 6 rings (SSSR count). The zero-order valence-corrected chi connectivity index (χ0v) is 23.4. The molecule has 2 unspecified atom stereocenters. The van der Waals surface area contributed by atoms with Crippen LogP contribution in [0, 0.1) is 12.8 Å². The number of halogens is 3. The number of aromatic nitrogens is 2. The van der Waals surface area contributed by atoms with Crippen molar-refractivity contribution < 1.29 is 27.6 Å². The molecule has 1 saturated heterocycles. The first-order chi connectivity index (χ1) is 20.0. The van der Waals surface area contributed by atoms with Gasteiger partial charge in [-0.2, -0.15) is 13.2 Å². The monoisotopic (exact) mass is 610 g/mol. The van der Waals surface area contributed by atoms with Crippen LogP contribution < -0.4 is 15.1 Å². The summed E-state index contributed by atoms with van der Waals surface area (Å²) in [5.41, 5.74) is 0.964. The van der Waals surface area contributed by atoms with Gasteiger partial charge in [-0.3, -0.25) is 28.7 Å². The second-order valence-corrected chi connectivity index (χ2v) is 12.0. The third kappa shape index (κ3) is 4.92. The first-order valence-electron chi connectivity index (χ1n) is 12.7. The Bertz CT molecular complexity index is 1770. The van der Waals surface area contributed by atoms with Crippen molar-refractivity contribution in [2.75, 3.05) is 10.2 Å². The van der Waals surface area contributed by atoms with Gasteiger partial charge in [0, 0.05) is 28.9 Å². The van der Waals surface area contributed by atoms with Gasteiger partial charge in [-0.25, -0.2) is 4.90 Å². The van der Waals surface area contributed by atoms with Crippen molar-refractivity contribution in [2.45, 2.75) is 35.8 Å². The zero-order valence-electron chi connectivity index (χ0n) is 21.8. The number of nitrogens with one attached hydrogen (secondary N) is 1. The van der Waals surface area contributed by atoms with Gasteiger partial charge in [0.15, 0.2) is 0 Å². The summed E-state index contributed by atoms with van der Waals surface area (Å²) in [7, 11) is 0. The van der Waals surface area contributed by atoms with Gasteiger partial charge in [-0.15, -0.1) is 0 Å². The molecule has 0 bridgehead atoms. The number of anilines is 2. The van der Waals surface area contributed by atoms with E-state index in [1.54, 1.807) is 30.5 Å². The van der Waals surface area contributed by atoms with Gasteiger partial charge in [-0.1, -0.05) is 52.9 Å². The number of nitrogens with zero attached hydrogens (tertiary/aromatic N) is 3. The molecule has 0 saturated carbocycles. The number of amides is 3. The van der Waals surface area contributed by atoms with Gasteiger partial charge in [0.2, 0.25) is 17.7 Å². The van der Waals surface area contributed by atoms with Crippen molar-refractivity contribution >= 4 is 52.2 Å². The molecular weight excluding hydrogens is 589 g/mol. The van der Waals surface area contributed by atoms with E-state index in [0.29, 0.717) is 21.2 Å². The molecule has 0 spiro atoms. The Labute approximate surface area is 245 Å². The lowest BCUT2D eigenvalue weighted by molar-refractivity contribution is -0.137. The first kappa shape index (κ1) is 27.9. The molecule has 214 valence electrons. The van der Waals surface area contributed by atoms with Crippen LogP contribution in [0.4, 0.5) is 24.5 Å². The van der Waals surface area contributed by atoms with E-state index >= 15 is 0 Å². The van der Waals surface area contributed by atoms with E-state index in [0.717, 1.165) is 51.8 Å². The van der Waals surface area contributed by atoms with E-state index in [2.05, 4.69) is 10.3 Å². The van der Waals surface area contributed by atoms with Gasteiger partial charge >= 0.3 is 11.0 Å². The Morgan fingerprint density at radius 2 is 1.79 bits per heavy atom. The molecule has 2 aromatic carbocycles. The molecule has 3 amide bonds. The number of thiazole rings is 1. The summed E-state index contributed by atoms with van der Waals surface area (Å²) in [6, 6.07) is 14.6. The highest BCUT2D eigenvalue weighted by Gasteiger charge is 2.57. The van der Waals surface area contributed by atoms with Crippen molar-refractivity contribution in [2.24, 2.45) is 5.92 Å². The fourth-order valence-electron chi connectivity index (χ4n) is 5.23. The summed E-state index contributed by atoms with van der Waals surface area (Å²) in [4.78, 5) is 58.7. The van der Waals surface area contributed by atoms with E-state index in [4.69, 9.17) is 0 Å². The molecule has 2 aliphatic heterocycles. The van der Waals surface area contributed by atoms with Crippen molar-refractivity contribution in [1.82, 2.24) is 9.55 Å². The fourth-order valence-corrected chi connectivity index (χ4v) is 8.00. The lowest BCUT2D eigenvalue weighted by Gasteiger charge is -2.30. The molecule has 4 heterocycles. The molecule has 1 N–H and O–H groups in total. The summed E-state index contributed by atoms with van der Waals surface area (Å²) in [6.45, 7) is 1.58. The molecule has 0 aliphatic carbocycles. The van der Waals surface area contributed by atoms with Crippen LogP contribution in [0.15, 0.2) is 82.9 Å². The van der Waals surface area contributed by atoms with Gasteiger partial charge in [0.05, 0.1) is 22.2 Å². The van der Waals surface area contributed by atoms with Crippen LogP contribution in [0.2, 0.25) is 0 Å². The highest BCUT2D eigenvalue weighted by molar-refractivity contribution is 8.00. The highest BCUT2D eigenvalue weighted by atomic mass is 32.2. The molecular formula is C29H21F3N4O4S2. The number of hydrogen-bond donors (Lipinski definition) is 1. The lowest BCUT2D eigenvalue weighted by Crippen LogP contribution is -2.33. The summed E-state index contributed by atoms with van der Waals surface area (Å²) >= 11 is 1.86. The van der Waals surface area contributed by atoms with Gasteiger partial charge in [-0.05, 0) is 48.9 Å². The van der Waals surface area contributed by atoms with Crippen molar-refractivity contribution in [3.63, 3.8) is 0 Å². The number of alkyl halides is 3. The minimum atomic E-state index is -4.67. The van der Waals surface area contributed by atoms with Gasteiger partial charge in [0.1, 0.15) is 11.8 Å². The highest BCUT2D eigenvalue weighted by Crippen LogP contribution is 2.54. The lowest BCUT2D eigenvalue weighted by atomic mass is 9.84. The first-order valence-corrected chi connectivity index (χ1v) is 14.4. The Kier molecular flexibility index (Phi) is 7.01. The zero-order chi connectivity index (χ0) is 29.8. The Balaban J connectivity index is 1.39. The van der Waals surface area contributed by atoms with E-state index in [-0.39, 0.29) is 12.2 Å². The maximum atomic E-state index is 13.8. The van der Waals surface area contributed by atoms with E-state index in [9.17, 15) is 32.3 Å². The van der Waals surface area contributed by atoms with Crippen LogP contribution >= 0.6 is 23.1 Å². The summed E-state index contributed by atoms with van der Waals surface area (Å²) in [5.74, 6) is -3.58. The van der Waals surface area contributed by atoms with Crippen LogP contribution in [0.1, 0.15) is 27.5 Å². The average molecular weight is 611 g/mol. The van der Waals surface area contributed by atoms with Gasteiger partial charge in [0.25, 0.3) is 0 Å². The minimum absolute atomic E-state index is 0.182. The molecule has 3 atom stereocenters. The molecule has 8 nitrogen and oxygen atoms in total. The maximum Gasteiger partial charge on any atom is 0.416 e. The molecule has 2 aromatic heterocycles. The Morgan fingerprint density at radius 1 is 1.02 bits per heavy atom. The van der Waals surface area contributed by atoms with Crippen molar-refractivity contribution in [3.8, 4) is 0 Å². The summed E-state index contributed by atoms with van der Waals surface area (Å²) < 4.78 is 41.6. The van der Waals surface area contributed by atoms with Crippen LogP contribution in [-0.4, -0.2) is 32.5 Å². The SMILES string of the molecule is Cc1ccc(NC(=O)Cn2c3c(sc2=O)[C@@H](c2cccnc2)C2C(=O)N(c4cccc(C(F)(F)F)c4)C(=O)C2S3)cc1. The van der Waals surface area contributed by atoms with Crippen molar-refractivity contribution in [3.05, 3.63) is 104 Å². The Morgan fingerprint density at radius 3 is 2.48 bits per heavy atom. The second-order valence-electron chi connectivity index (χ2n) is 9.93. The third-order valence-corrected chi connectivity index (χ3v) is 9.77. The predicted octanol–water partition coefficient (Wildman–Crippen LogP) is 5.07. The molecule has 42 heavy (non-hydrogen) atoms. The molecule has 1 fully saturated rings. The number of imide groups is 1. The number of benzene rings is 2. The number of aryl methyl sites for hydroxylation is 1. The van der Waals surface area contributed by atoms with E-state index < -0.39 is 51.4 Å². The number of thioether (sulfide) groups is 1. The van der Waals surface area contributed by atoms with Gasteiger partial charge < -0.3 is 5.32 Å². The van der Waals surface area contributed by atoms with Crippen LogP contribution in [0.5, 0.6) is 0 Å². The number of carbonyl (C=O) groups excluding carboxylic acids is 3. The normalized spacial score (nSPS) is 19.9. The molecule has 2 aliphatic rings. The quantitative estimate of drug-likeness (QED) is 0.317. The van der Waals surface area contributed by atoms with Crippen LogP contribution in [-0.2, 0) is 27.1 Å². The number of pyridine rings is 1. The average Bonchev–Trinajstić information content (AvgIpc) is 3.40. The summed E-state index contributed by atoms with van der Waals surface area (Å²) in [6.07, 6.45) is -1.59. The maximum absolute atomic E-state index is 13.8. The standard InChI is InChI=1S/C29H21F3N4O4S2/c1-15-7-9-18(10-8-15)34-20(37)14-35-27-24(42-28(35)40)21(16-4-3-11-33-13-16)22-23(41-27)26(39)36(25(22)38)19-6-2-5-17(12-19)29(30,31)32/h2-13,21-23H,14H2,1H3,(H,34,37)/t21-,22?,23?/m0/s1. The summed E-state index contributed by atoms with van der Waals surface area (Å²) in [5, 5.41) is 2.09. The smallest absolute Gasteiger partial charge is 0.325 e. The second kappa shape index (κ2) is 10.6. The van der Waals surface area contributed by atoms with E-state index in [1.807, 2.05) is 19.1 Å². The number of fused-ring (bicyclic) bond motifs is 2.